The van der Waals surface area contributed by atoms with Crippen LogP contribution >= 0.6 is 0 Å². The molecule has 1 fully saturated rings. The van der Waals surface area contributed by atoms with E-state index in [1.54, 1.807) is 25.1 Å². The predicted molar refractivity (Wildman–Crippen MR) is 87.4 cm³/mol. The minimum absolute atomic E-state index is 0.0121. The van der Waals surface area contributed by atoms with Crippen LogP contribution in [0.4, 0.5) is 5.69 Å². The number of rotatable bonds is 5. The summed E-state index contributed by atoms with van der Waals surface area (Å²) in [7, 11) is 0. The van der Waals surface area contributed by atoms with Crippen LogP contribution in [0, 0.1) is 0 Å². The van der Waals surface area contributed by atoms with Crippen LogP contribution in [0.1, 0.15) is 19.8 Å². The lowest BCUT2D eigenvalue weighted by atomic mass is 9.99. The number of carboxylic acids is 1. The van der Waals surface area contributed by atoms with Gasteiger partial charge in [-0.25, -0.2) is 4.79 Å². The third-order valence-corrected chi connectivity index (χ3v) is 4.45. The SMILES string of the molecule is CC1Oc2ccccc2N(CCC(=O)NC2(C(=O)O)CCOC2)C1=O. The molecule has 0 radical (unpaired) electrons. The van der Waals surface area contributed by atoms with Gasteiger partial charge in [-0.05, 0) is 19.1 Å². The maximum Gasteiger partial charge on any atom is 0.331 e. The maximum atomic E-state index is 12.4. The molecule has 1 aromatic carbocycles. The van der Waals surface area contributed by atoms with Crippen molar-refractivity contribution < 1.29 is 29.0 Å². The van der Waals surface area contributed by atoms with Crippen molar-refractivity contribution in [3.05, 3.63) is 24.3 Å². The molecule has 2 heterocycles. The Morgan fingerprint density at radius 2 is 2.16 bits per heavy atom. The Bertz CT molecular complexity index is 698. The molecule has 0 aromatic heterocycles. The summed E-state index contributed by atoms with van der Waals surface area (Å²) in [5, 5.41) is 11.9. The fraction of sp³-hybridized carbons (Fsp3) is 0.471. The molecule has 2 unspecified atom stereocenters. The molecule has 2 N–H and O–H groups in total. The first-order valence-corrected chi connectivity index (χ1v) is 8.12. The zero-order valence-electron chi connectivity index (χ0n) is 13.9. The molecule has 1 saturated heterocycles. The Balaban J connectivity index is 1.67. The number of nitrogens with one attached hydrogen (secondary N) is 1. The molecule has 2 aliphatic heterocycles. The average Bonchev–Trinajstić information content (AvgIpc) is 3.05. The molecule has 0 saturated carbocycles. The lowest BCUT2D eigenvalue weighted by Gasteiger charge is -2.33. The summed E-state index contributed by atoms with van der Waals surface area (Å²) in [4.78, 5) is 37.6. The predicted octanol–water partition coefficient (Wildman–Crippen LogP) is 0.550. The summed E-state index contributed by atoms with van der Waals surface area (Å²) in [6, 6.07) is 7.11. The third kappa shape index (κ3) is 3.30. The highest BCUT2D eigenvalue weighted by molar-refractivity contribution is 6.00. The van der Waals surface area contributed by atoms with Gasteiger partial charge in [-0.2, -0.15) is 0 Å². The van der Waals surface area contributed by atoms with Gasteiger partial charge in [0.05, 0.1) is 12.3 Å². The van der Waals surface area contributed by atoms with Gasteiger partial charge in [-0.1, -0.05) is 12.1 Å². The van der Waals surface area contributed by atoms with E-state index in [2.05, 4.69) is 5.32 Å². The molecule has 8 nitrogen and oxygen atoms in total. The lowest BCUT2D eigenvalue weighted by molar-refractivity contribution is -0.147. The van der Waals surface area contributed by atoms with Crippen LogP contribution in [-0.4, -0.2) is 54.3 Å². The first-order chi connectivity index (χ1) is 11.9. The van der Waals surface area contributed by atoms with Gasteiger partial charge < -0.3 is 24.8 Å². The molecule has 134 valence electrons. The Hall–Kier alpha value is -2.61. The van der Waals surface area contributed by atoms with Crippen LogP contribution in [0.25, 0.3) is 0 Å². The van der Waals surface area contributed by atoms with Gasteiger partial charge >= 0.3 is 5.97 Å². The lowest BCUT2D eigenvalue weighted by Crippen LogP contribution is -2.55. The molecule has 3 rings (SSSR count). The summed E-state index contributed by atoms with van der Waals surface area (Å²) in [6.45, 7) is 2.04. The summed E-state index contributed by atoms with van der Waals surface area (Å²) < 4.78 is 10.7. The van der Waals surface area contributed by atoms with E-state index in [1.165, 1.54) is 4.90 Å². The van der Waals surface area contributed by atoms with Crippen molar-refractivity contribution in [2.45, 2.75) is 31.4 Å². The number of carbonyl (C=O) groups excluding carboxylic acids is 2. The standard InChI is InChI=1S/C17H20N2O6/c1-11-15(21)19(12-4-2-3-5-13(12)25-11)8-6-14(20)18-17(16(22)23)7-9-24-10-17/h2-5,11H,6-10H2,1H3,(H,18,20)(H,22,23). The Morgan fingerprint density at radius 3 is 2.84 bits per heavy atom. The second-order valence-electron chi connectivity index (χ2n) is 6.21. The van der Waals surface area contributed by atoms with Crippen LogP contribution in [-0.2, 0) is 19.1 Å². The highest BCUT2D eigenvalue weighted by atomic mass is 16.5. The number of aliphatic carboxylic acids is 1. The van der Waals surface area contributed by atoms with Gasteiger partial charge in [0, 0.05) is 26.0 Å². The fourth-order valence-electron chi connectivity index (χ4n) is 3.02. The van der Waals surface area contributed by atoms with Gasteiger partial charge in [0.15, 0.2) is 11.6 Å². The number of para-hydroxylation sites is 2. The van der Waals surface area contributed by atoms with Crippen molar-refractivity contribution in [3.63, 3.8) is 0 Å². The molecule has 2 aliphatic rings. The molecular formula is C17H20N2O6. The normalized spacial score (nSPS) is 25.2. The van der Waals surface area contributed by atoms with E-state index in [0.29, 0.717) is 18.0 Å². The molecule has 2 atom stereocenters. The second-order valence-corrected chi connectivity index (χ2v) is 6.21. The van der Waals surface area contributed by atoms with Crippen molar-refractivity contribution in [2.75, 3.05) is 24.7 Å². The van der Waals surface area contributed by atoms with Crippen LogP contribution < -0.4 is 15.0 Å². The minimum Gasteiger partial charge on any atom is -0.479 e. The molecule has 0 bridgehead atoms. The number of hydrogen-bond acceptors (Lipinski definition) is 5. The summed E-state index contributed by atoms with van der Waals surface area (Å²) in [6.07, 6.45) is -0.418. The van der Waals surface area contributed by atoms with E-state index in [9.17, 15) is 19.5 Å². The molecule has 0 spiro atoms. The molecule has 8 heteroatoms. The van der Waals surface area contributed by atoms with Gasteiger partial charge in [0.25, 0.3) is 5.91 Å². The summed E-state index contributed by atoms with van der Waals surface area (Å²) >= 11 is 0. The first-order valence-electron chi connectivity index (χ1n) is 8.12. The highest BCUT2D eigenvalue weighted by Crippen LogP contribution is 2.33. The Kier molecular flexibility index (Phi) is 4.63. The first kappa shape index (κ1) is 17.2. The topological polar surface area (TPSA) is 105 Å². The smallest absolute Gasteiger partial charge is 0.331 e. The molecular weight excluding hydrogens is 328 g/mol. The highest BCUT2D eigenvalue weighted by Gasteiger charge is 2.44. The number of hydrogen-bond donors (Lipinski definition) is 2. The van der Waals surface area contributed by atoms with Crippen molar-refractivity contribution >= 4 is 23.5 Å². The number of nitrogens with zero attached hydrogens (tertiary/aromatic N) is 1. The number of carboxylic acid groups (broad SMARTS) is 1. The van der Waals surface area contributed by atoms with Crippen LogP contribution in [0.15, 0.2) is 24.3 Å². The van der Waals surface area contributed by atoms with Crippen molar-refractivity contribution in [2.24, 2.45) is 0 Å². The maximum absolute atomic E-state index is 12.4. The van der Waals surface area contributed by atoms with Gasteiger partial charge in [-0.3, -0.25) is 9.59 Å². The number of benzene rings is 1. The number of amides is 2. The summed E-state index contributed by atoms with van der Waals surface area (Å²) in [5.41, 5.74) is -0.771. The Morgan fingerprint density at radius 1 is 1.40 bits per heavy atom. The van der Waals surface area contributed by atoms with Crippen LogP contribution in [0.5, 0.6) is 5.75 Å². The molecule has 1 aromatic rings. The van der Waals surface area contributed by atoms with E-state index >= 15 is 0 Å². The van der Waals surface area contributed by atoms with E-state index < -0.39 is 23.5 Å². The van der Waals surface area contributed by atoms with Gasteiger partial charge in [0.1, 0.15) is 5.75 Å². The van der Waals surface area contributed by atoms with Crippen molar-refractivity contribution in [1.82, 2.24) is 5.32 Å². The van der Waals surface area contributed by atoms with Crippen LogP contribution in [0.2, 0.25) is 0 Å². The van der Waals surface area contributed by atoms with Crippen molar-refractivity contribution in [3.8, 4) is 5.75 Å². The molecule has 25 heavy (non-hydrogen) atoms. The van der Waals surface area contributed by atoms with Crippen LogP contribution in [0.3, 0.4) is 0 Å². The van der Waals surface area contributed by atoms with E-state index in [1.807, 2.05) is 6.07 Å². The minimum atomic E-state index is -1.38. The zero-order valence-corrected chi connectivity index (χ0v) is 13.9. The van der Waals surface area contributed by atoms with Gasteiger partial charge in [-0.15, -0.1) is 0 Å². The number of fused-ring (bicyclic) bond motifs is 1. The largest absolute Gasteiger partial charge is 0.479 e. The summed E-state index contributed by atoms with van der Waals surface area (Å²) in [5.74, 6) is -1.19. The number of anilines is 1. The second kappa shape index (κ2) is 6.72. The third-order valence-electron chi connectivity index (χ3n) is 4.45. The average molecular weight is 348 g/mol. The van der Waals surface area contributed by atoms with E-state index in [0.717, 1.165) is 0 Å². The number of carbonyl (C=O) groups is 3. The number of ether oxygens (including phenoxy) is 2. The van der Waals surface area contributed by atoms with Gasteiger partial charge in [0.2, 0.25) is 5.91 Å². The molecule has 2 amide bonds. The fourth-order valence-corrected chi connectivity index (χ4v) is 3.02. The van der Waals surface area contributed by atoms with Crippen molar-refractivity contribution in [1.29, 1.82) is 0 Å². The van der Waals surface area contributed by atoms with E-state index in [-0.39, 0.29) is 31.9 Å². The van der Waals surface area contributed by atoms with E-state index in [4.69, 9.17) is 9.47 Å². The zero-order chi connectivity index (χ0) is 18.0. The molecule has 0 aliphatic carbocycles. The Labute approximate surface area is 144 Å². The quantitative estimate of drug-likeness (QED) is 0.805. The monoisotopic (exact) mass is 348 g/mol.